The Morgan fingerprint density at radius 3 is 2.65 bits per heavy atom. The number of para-hydroxylation sites is 1. The van der Waals surface area contributed by atoms with Crippen LogP contribution in [0.2, 0.25) is 0 Å². The average Bonchev–Trinajstić information content (AvgIpc) is 2.25. The molecule has 0 spiro atoms. The Bertz CT molecular complexity index is 443. The van der Waals surface area contributed by atoms with Crippen LogP contribution < -0.4 is 4.90 Å². The number of nitrogens with zero attached hydrogens (tertiary/aromatic N) is 2. The lowest BCUT2D eigenvalue weighted by Gasteiger charge is -2.39. The van der Waals surface area contributed by atoms with Crippen LogP contribution in [0.15, 0.2) is 29.2 Å². The number of hydrogen-bond acceptors (Lipinski definition) is 2. The van der Waals surface area contributed by atoms with Crippen LogP contribution in [0.25, 0.3) is 0 Å². The molecule has 0 saturated heterocycles. The molecule has 4 heteroatoms. The molecule has 17 heavy (non-hydrogen) atoms. The number of carbonyl (C=O) groups is 1. The largest absolute Gasteiger partial charge is 0.330 e. The molecule has 0 unspecified atom stereocenters. The minimum Gasteiger partial charge on any atom is -0.330 e. The van der Waals surface area contributed by atoms with E-state index < -0.39 is 0 Å². The van der Waals surface area contributed by atoms with Crippen LogP contribution in [0, 0.1) is 0 Å². The van der Waals surface area contributed by atoms with E-state index in [1.54, 1.807) is 19.0 Å². The van der Waals surface area contributed by atoms with Crippen molar-refractivity contribution in [3.05, 3.63) is 24.3 Å². The summed E-state index contributed by atoms with van der Waals surface area (Å²) in [5, 5.41) is 0. The maximum absolute atomic E-state index is 12.2. The quantitative estimate of drug-likeness (QED) is 0.706. The highest BCUT2D eigenvalue weighted by Crippen LogP contribution is 2.44. The number of rotatable bonds is 0. The van der Waals surface area contributed by atoms with Crippen LogP contribution in [0.1, 0.15) is 13.8 Å². The average molecular weight is 250 g/mol. The molecule has 0 N–H and O–H groups in total. The smallest absolute Gasteiger partial charge is 0.324 e. The summed E-state index contributed by atoms with van der Waals surface area (Å²) in [6.45, 7) is 5.08. The molecule has 0 bridgehead atoms. The molecule has 2 rings (SSSR count). The van der Waals surface area contributed by atoms with E-state index in [2.05, 4.69) is 19.9 Å². The van der Waals surface area contributed by atoms with Gasteiger partial charge in [0.25, 0.3) is 0 Å². The van der Waals surface area contributed by atoms with E-state index in [0.717, 1.165) is 12.2 Å². The van der Waals surface area contributed by atoms with Gasteiger partial charge in [0.05, 0.1) is 5.69 Å². The van der Waals surface area contributed by atoms with Crippen LogP contribution >= 0.6 is 11.8 Å². The lowest BCUT2D eigenvalue weighted by atomic mass is 10.1. The van der Waals surface area contributed by atoms with E-state index in [4.69, 9.17) is 0 Å². The van der Waals surface area contributed by atoms with Crippen LogP contribution in [0.4, 0.5) is 10.5 Å². The van der Waals surface area contributed by atoms with Gasteiger partial charge in [0.2, 0.25) is 0 Å². The van der Waals surface area contributed by atoms with Crippen molar-refractivity contribution in [1.29, 1.82) is 0 Å². The van der Waals surface area contributed by atoms with Crippen molar-refractivity contribution in [2.75, 3.05) is 25.5 Å². The van der Waals surface area contributed by atoms with Crippen molar-refractivity contribution < 1.29 is 4.79 Å². The van der Waals surface area contributed by atoms with Gasteiger partial charge in [-0.3, -0.25) is 4.90 Å². The van der Waals surface area contributed by atoms with E-state index in [1.807, 2.05) is 34.9 Å². The van der Waals surface area contributed by atoms with E-state index in [0.29, 0.717) is 0 Å². The van der Waals surface area contributed by atoms with Crippen LogP contribution in [-0.4, -0.2) is 36.3 Å². The first kappa shape index (κ1) is 12.3. The van der Waals surface area contributed by atoms with Gasteiger partial charge in [0.1, 0.15) is 0 Å². The fourth-order valence-electron chi connectivity index (χ4n) is 1.97. The minimum atomic E-state index is 0.0471. The van der Waals surface area contributed by atoms with Gasteiger partial charge in [-0.15, -0.1) is 11.8 Å². The number of amides is 2. The zero-order valence-electron chi connectivity index (χ0n) is 10.7. The Balaban J connectivity index is 2.43. The minimum absolute atomic E-state index is 0.0471. The molecule has 1 heterocycles. The molecule has 2 amide bonds. The summed E-state index contributed by atoms with van der Waals surface area (Å²) in [6, 6.07) is 8.14. The van der Waals surface area contributed by atoms with Gasteiger partial charge in [0, 0.05) is 30.3 Å². The van der Waals surface area contributed by atoms with E-state index in [-0.39, 0.29) is 10.8 Å². The summed E-state index contributed by atoms with van der Waals surface area (Å²) in [5.41, 5.74) is 1.02. The number of carbonyl (C=O) groups excluding carboxylic acids is 1. The SMILES string of the molecule is CN(C)C(=O)N1CC(C)(C)Sc2ccccc21. The molecular weight excluding hydrogens is 232 g/mol. The molecule has 1 aliphatic heterocycles. The fraction of sp³-hybridized carbons (Fsp3) is 0.462. The van der Waals surface area contributed by atoms with E-state index in [1.165, 1.54) is 4.90 Å². The first-order chi connectivity index (χ1) is 7.91. The predicted molar refractivity (Wildman–Crippen MR) is 72.8 cm³/mol. The molecule has 0 saturated carbocycles. The summed E-state index contributed by atoms with van der Waals surface area (Å²) in [5.74, 6) is 0. The lowest BCUT2D eigenvalue weighted by molar-refractivity contribution is 0.223. The standard InChI is InChI=1S/C13H18N2OS/c1-13(2)9-15(12(16)14(3)4)10-7-5-6-8-11(10)17-13/h5-8H,9H2,1-4H3. The molecule has 92 valence electrons. The fourth-order valence-corrected chi connectivity index (χ4v) is 3.19. The maximum atomic E-state index is 12.2. The van der Waals surface area contributed by atoms with Gasteiger partial charge in [-0.1, -0.05) is 12.1 Å². The monoisotopic (exact) mass is 250 g/mol. The van der Waals surface area contributed by atoms with Crippen molar-refractivity contribution >= 4 is 23.5 Å². The zero-order chi connectivity index (χ0) is 12.6. The third-order valence-corrected chi connectivity index (χ3v) is 3.94. The summed E-state index contributed by atoms with van der Waals surface area (Å²) in [6.07, 6.45) is 0. The maximum Gasteiger partial charge on any atom is 0.324 e. The third-order valence-electron chi connectivity index (χ3n) is 2.69. The van der Waals surface area contributed by atoms with Crippen molar-refractivity contribution in [2.24, 2.45) is 0 Å². The molecule has 0 radical (unpaired) electrons. The second-order valence-corrected chi connectivity index (χ2v) is 6.84. The summed E-state index contributed by atoms with van der Waals surface area (Å²) < 4.78 is 0.0556. The van der Waals surface area contributed by atoms with Crippen molar-refractivity contribution in [3.8, 4) is 0 Å². The van der Waals surface area contributed by atoms with Crippen molar-refractivity contribution in [2.45, 2.75) is 23.5 Å². The third kappa shape index (κ3) is 2.41. The van der Waals surface area contributed by atoms with Gasteiger partial charge >= 0.3 is 6.03 Å². The molecule has 0 atom stereocenters. The first-order valence-corrected chi connectivity index (χ1v) is 6.49. The normalized spacial score (nSPS) is 17.5. The van der Waals surface area contributed by atoms with Gasteiger partial charge in [-0.2, -0.15) is 0 Å². The van der Waals surface area contributed by atoms with Gasteiger partial charge in [-0.05, 0) is 26.0 Å². The van der Waals surface area contributed by atoms with Gasteiger partial charge < -0.3 is 4.90 Å². The second kappa shape index (κ2) is 4.26. The van der Waals surface area contributed by atoms with Crippen molar-refractivity contribution in [1.82, 2.24) is 4.90 Å². The number of urea groups is 1. The van der Waals surface area contributed by atoms with Gasteiger partial charge in [0.15, 0.2) is 0 Å². The number of hydrogen-bond donors (Lipinski definition) is 0. The molecule has 0 aromatic heterocycles. The van der Waals surface area contributed by atoms with Crippen molar-refractivity contribution in [3.63, 3.8) is 0 Å². The van der Waals surface area contributed by atoms with Crippen LogP contribution in [0.5, 0.6) is 0 Å². The summed E-state index contributed by atoms with van der Waals surface area (Å²) in [7, 11) is 3.58. The number of anilines is 1. The number of benzene rings is 1. The molecule has 1 aromatic carbocycles. The molecule has 0 fully saturated rings. The first-order valence-electron chi connectivity index (χ1n) is 5.67. The van der Waals surface area contributed by atoms with Gasteiger partial charge in [-0.25, -0.2) is 4.79 Å². The number of thioether (sulfide) groups is 1. The lowest BCUT2D eigenvalue weighted by Crippen LogP contribution is -2.47. The highest BCUT2D eigenvalue weighted by molar-refractivity contribution is 8.00. The molecule has 3 nitrogen and oxygen atoms in total. The Morgan fingerprint density at radius 1 is 1.35 bits per heavy atom. The highest BCUT2D eigenvalue weighted by Gasteiger charge is 2.34. The highest BCUT2D eigenvalue weighted by atomic mass is 32.2. The molecule has 0 aliphatic carbocycles. The number of fused-ring (bicyclic) bond motifs is 1. The Morgan fingerprint density at radius 2 is 2.00 bits per heavy atom. The second-order valence-electron chi connectivity index (χ2n) is 5.09. The van der Waals surface area contributed by atoms with E-state index in [9.17, 15) is 4.79 Å². The van der Waals surface area contributed by atoms with E-state index >= 15 is 0 Å². The summed E-state index contributed by atoms with van der Waals surface area (Å²) >= 11 is 1.83. The Labute approximate surface area is 107 Å². The summed E-state index contributed by atoms with van der Waals surface area (Å²) in [4.78, 5) is 16.9. The predicted octanol–water partition coefficient (Wildman–Crippen LogP) is 3.06. The van der Waals surface area contributed by atoms with Crippen LogP contribution in [0.3, 0.4) is 0 Å². The van der Waals surface area contributed by atoms with Crippen LogP contribution in [-0.2, 0) is 0 Å². The Hall–Kier alpha value is -1.16. The molecule has 1 aliphatic rings. The Kier molecular flexibility index (Phi) is 3.08. The molecule has 1 aromatic rings. The topological polar surface area (TPSA) is 23.6 Å². The molecular formula is C13H18N2OS. The zero-order valence-corrected chi connectivity index (χ0v) is 11.5.